The number of hydrogen-bond donors (Lipinski definition) is 0. The van der Waals surface area contributed by atoms with Gasteiger partial charge in [0.2, 0.25) is 0 Å². The number of aromatic nitrogens is 3. The van der Waals surface area contributed by atoms with E-state index in [4.69, 9.17) is 5.10 Å². The van der Waals surface area contributed by atoms with Crippen molar-refractivity contribution < 1.29 is 0 Å². The van der Waals surface area contributed by atoms with Gasteiger partial charge >= 0.3 is 0 Å². The Kier molecular flexibility index (Phi) is 5.59. The standard InChI is InChI=1S/C47H29N3/c1-2-13-30(14-3-1)42-27-28-43(49-48-42)35-17-5-4-15-32(35)31-25-26-34-33-16-6-8-20-38(33)47(41(34)29-31)39-21-9-11-24-45(39)50-44-23-10-7-18-36(44)37-19-12-22-40(47)46(37)50/h1-29H. The third-order valence-corrected chi connectivity index (χ3v) is 10.9. The molecule has 50 heavy (non-hydrogen) atoms. The van der Waals surface area contributed by atoms with Gasteiger partial charge in [0.05, 0.1) is 33.5 Å². The van der Waals surface area contributed by atoms with Crippen LogP contribution in [0.3, 0.4) is 0 Å². The number of nitrogens with zero attached hydrogens (tertiary/aromatic N) is 3. The smallest absolute Gasteiger partial charge is 0.0936 e. The molecule has 1 spiro atoms. The number of hydrogen-bond acceptors (Lipinski definition) is 2. The van der Waals surface area contributed by atoms with E-state index in [1.807, 2.05) is 18.2 Å². The molecule has 0 amide bonds. The molecule has 0 radical (unpaired) electrons. The molecule has 3 nitrogen and oxygen atoms in total. The van der Waals surface area contributed by atoms with Crippen LogP contribution in [0.4, 0.5) is 0 Å². The monoisotopic (exact) mass is 635 g/mol. The predicted molar refractivity (Wildman–Crippen MR) is 204 cm³/mol. The molecule has 232 valence electrons. The van der Waals surface area contributed by atoms with Crippen LogP contribution in [0, 0.1) is 0 Å². The quantitative estimate of drug-likeness (QED) is 0.193. The summed E-state index contributed by atoms with van der Waals surface area (Å²) in [5.74, 6) is 0. The molecule has 7 aromatic carbocycles. The maximum absolute atomic E-state index is 4.75. The Bertz CT molecular complexity index is 2810. The highest BCUT2D eigenvalue weighted by atomic mass is 15.1. The van der Waals surface area contributed by atoms with E-state index in [2.05, 4.69) is 167 Å². The van der Waals surface area contributed by atoms with E-state index in [1.54, 1.807) is 0 Å². The summed E-state index contributed by atoms with van der Waals surface area (Å²) < 4.78 is 2.50. The Balaban J connectivity index is 1.18. The molecule has 9 aromatic rings. The van der Waals surface area contributed by atoms with Crippen LogP contribution in [0.1, 0.15) is 22.3 Å². The molecule has 1 atom stereocenters. The van der Waals surface area contributed by atoms with Crippen LogP contribution in [-0.4, -0.2) is 14.8 Å². The summed E-state index contributed by atoms with van der Waals surface area (Å²) in [4.78, 5) is 0. The normalized spacial score (nSPS) is 15.3. The molecule has 3 heterocycles. The zero-order valence-electron chi connectivity index (χ0n) is 27.1. The first kappa shape index (κ1) is 27.4. The second kappa shape index (κ2) is 10.2. The van der Waals surface area contributed by atoms with E-state index < -0.39 is 5.41 Å². The summed E-state index contributed by atoms with van der Waals surface area (Å²) in [6.45, 7) is 0. The van der Waals surface area contributed by atoms with Crippen molar-refractivity contribution in [2.75, 3.05) is 0 Å². The third-order valence-electron chi connectivity index (χ3n) is 10.9. The predicted octanol–water partition coefficient (Wildman–Crippen LogP) is 11.3. The second-order valence-corrected chi connectivity index (χ2v) is 13.3. The van der Waals surface area contributed by atoms with Crippen molar-refractivity contribution >= 4 is 21.8 Å². The fraction of sp³-hybridized carbons (Fsp3) is 0.0213. The zero-order chi connectivity index (χ0) is 32.8. The van der Waals surface area contributed by atoms with Crippen LogP contribution in [0.15, 0.2) is 176 Å². The topological polar surface area (TPSA) is 30.7 Å². The first-order valence-electron chi connectivity index (χ1n) is 17.2. The molecule has 0 N–H and O–H groups in total. The number of rotatable bonds is 3. The summed E-state index contributed by atoms with van der Waals surface area (Å²) >= 11 is 0. The lowest BCUT2D eigenvalue weighted by Crippen LogP contribution is -2.33. The molecular weight excluding hydrogens is 607 g/mol. The molecule has 2 aliphatic rings. The Morgan fingerprint density at radius 1 is 0.380 bits per heavy atom. The average Bonchev–Trinajstić information content (AvgIpc) is 3.69. The molecule has 11 rings (SSSR count). The summed E-state index contributed by atoms with van der Waals surface area (Å²) in [7, 11) is 0. The fourth-order valence-electron chi connectivity index (χ4n) is 8.93. The number of fused-ring (bicyclic) bond motifs is 12. The summed E-state index contributed by atoms with van der Waals surface area (Å²) in [6, 6.07) is 63.8. The lowest BCUT2D eigenvalue weighted by Gasteiger charge is -2.39. The van der Waals surface area contributed by atoms with Crippen molar-refractivity contribution in [2.45, 2.75) is 5.41 Å². The Morgan fingerprint density at radius 2 is 1.02 bits per heavy atom. The van der Waals surface area contributed by atoms with Crippen LogP contribution in [0.2, 0.25) is 0 Å². The molecule has 0 fully saturated rings. The maximum Gasteiger partial charge on any atom is 0.0936 e. The van der Waals surface area contributed by atoms with Crippen molar-refractivity contribution in [3.63, 3.8) is 0 Å². The fourth-order valence-corrected chi connectivity index (χ4v) is 8.93. The van der Waals surface area contributed by atoms with Gasteiger partial charge in [-0.15, -0.1) is 10.2 Å². The largest absolute Gasteiger partial charge is 0.309 e. The van der Waals surface area contributed by atoms with E-state index in [9.17, 15) is 0 Å². The Morgan fingerprint density at radius 3 is 1.88 bits per heavy atom. The SMILES string of the molecule is c1ccc(-c2ccc(-c3ccccc3-c3ccc4c(c3)C3(c5ccccc5-4)c4ccccc4-n4c5ccccc5c5cccc3c54)nn2)cc1. The Labute approximate surface area is 289 Å². The molecular formula is C47H29N3. The molecule has 3 heteroatoms. The van der Waals surface area contributed by atoms with Gasteiger partial charge in [0.1, 0.15) is 0 Å². The van der Waals surface area contributed by atoms with Crippen LogP contribution in [-0.2, 0) is 5.41 Å². The summed E-state index contributed by atoms with van der Waals surface area (Å²) in [6.07, 6.45) is 0. The van der Waals surface area contributed by atoms with Crippen molar-refractivity contribution in [3.8, 4) is 50.5 Å². The van der Waals surface area contributed by atoms with E-state index in [-0.39, 0.29) is 0 Å². The number of benzene rings is 7. The van der Waals surface area contributed by atoms with E-state index in [0.717, 1.165) is 33.6 Å². The molecule has 0 saturated heterocycles. The van der Waals surface area contributed by atoms with Gasteiger partial charge in [0.25, 0.3) is 0 Å². The van der Waals surface area contributed by atoms with Crippen molar-refractivity contribution in [1.82, 2.24) is 14.8 Å². The minimum absolute atomic E-state index is 0.492. The van der Waals surface area contributed by atoms with Gasteiger partial charge < -0.3 is 4.57 Å². The van der Waals surface area contributed by atoms with Crippen LogP contribution in [0.5, 0.6) is 0 Å². The minimum atomic E-state index is -0.492. The lowest BCUT2D eigenvalue weighted by molar-refractivity contribution is 0.749. The Hall–Kier alpha value is -6.58. The van der Waals surface area contributed by atoms with Gasteiger partial charge in [-0.25, -0.2) is 0 Å². The van der Waals surface area contributed by atoms with Gasteiger partial charge in [-0.05, 0) is 74.8 Å². The highest BCUT2D eigenvalue weighted by Gasteiger charge is 2.50. The van der Waals surface area contributed by atoms with Crippen LogP contribution in [0.25, 0.3) is 72.3 Å². The van der Waals surface area contributed by atoms with E-state index >= 15 is 0 Å². The maximum atomic E-state index is 4.75. The molecule has 0 bridgehead atoms. The zero-order valence-corrected chi connectivity index (χ0v) is 27.1. The van der Waals surface area contributed by atoms with Crippen molar-refractivity contribution in [3.05, 3.63) is 198 Å². The minimum Gasteiger partial charge on any atom is -0.309 e. The second-order valence-electron chi connectivity index (χ2n) is 13.3. The number of para-hydroxylation sites is 3. The van der Waals surface area contributed by atoms with Gasteiger partial charge in [-0.2, -0.15) is 0 Å². The third kappa shape index (κ3) is 3.53. The van der Waals surface area contributed by atoms with E-state index in [0.29, 0.717) is 0 Å². The van der Waals surface area contributed by atoms with Gasteiger partial charge in [0.15, 0.2) is 0 Å². The van der Waals surface area contributed by atoms with Gasteiger partial charge in [0, 0.05) is 21.9 Å². The summed E-state index contributed by atoms with van der Waals surface area (Å²) in [5, 5.41) is 12.0. The first-order chi connectivity index (χ1) is 24.8. The molecule has 1 aliphatic carbocycles. The molecule has 0 saturated carbocycles. The highest BCUT2D eigenvalue weighted by molar-refractivity contribution is 6.13. The van der Waals surface area contributed by atoms with Gasteiger partial charge in [-0.3, -0.25) is 0 Å². The molecule has 2 aromatic heterocycles. The molecule has 1 unspecified atom stereocenters. The van der Waals surface area contributed by atoms with E-state index in [1.165, 1.54) is 60.9 Å². The van der Waals surface area contributed by atoms with Crippen molar-refractivity contribution in [2.24, 2.45) is 0 Å². The summed E-state index contributed by atoms with van der Waals surface area (Å²) in [5.41, 5.74) is 17.3. The first-order valence-corrected chi connectivity index (χ1v) is 17.2. The van der Waals surface area contributed by atoms with Crippen molar-refractivity contribution in [1.29, 1.82) is 0 Å². The molecule has 1 aliphatic heterocycles. The van der Waals surface area contributed by atoms with Crippen LogP contribution < -0.4 is 0 Å². The highest BCUT2D eigenvalue weighted by Crippen LogP contribution is 2.61. The van der Waals surface area contributed by atoms with Crippen LogP contribution >= 0.6 is 0 Å². The average molecular weight is 636 g/mol. The van der Waals surface area contributed by atoms with Gasteiger partial charge in [-0.1, -0.05) is 146 Å². The lowest BCUT2D eigenvalue weighted by atomic mass is 9.65.